The van der Waals surface area contributed by atoms with Crippen LogP contribution in [0.2, 0.25) is 0 Å². The van der Waals surface area contributed by atoms with Crippen LogP contribution in [0.5, 0.6) is 0 Å². The number of nitrogens with one attached hydrogen (secondary N) is 1. The van der Waals surface area contributed by atoms with E-state index in [0.29, 0.717) is 12.8 Å². The van der Waals surface area contributed by atoms with Crippen molar-refractivity contribution in [3.8, 4) is 0 Å². The highest BCUT2D eigenvalue weighted by Crippen LogP contribution is 2.19. The number of rotatable bonds is 4. The van der Waals surface area contributed by atoms with E-state index in [2.05, 4.69) is 5.32 Å². The van der Waals surface area contributed by atoms with E-state index in [0.717, 1.165) is 12.8 Å². The summed E-state index contributed by atoms with van der Waals surface area (Å²) in [6, 6.07) is -1.78. The van der Waals surface area contributed by atoms with Gasteiger partial charge in [0.1, 0.15) is 13.1 Å². The van der Waals surface area contributed by atoms with Gasteiger partial charge in [0.15, 0.2) is 0 Å². The Hall–Kier alpha value is -1.51. The first kappa shape index (κ1) is 16.5. The number of carboxylic acids is 1. The Kier molecular flexibility index (Phi) is 5.61. The van der Waals surface area contributed by atoms with Gasteiger partial charge in [0.2, 0.25) is 0 Å². The summed E-state index contributed by atoms with van der Waals surface area (Å²) in [6.45, 7) is -2.61. The van der Waals surface area contributed by atoms with Gasteiger partial charge in [-0.1, -0.05) is 12.8 Å². The second-order valence-electron chi connectivity index (χ2n) is 4.87. The predicted octanol–water partition coefficient (Wildman–Crippen LogP) is 0.915. The Morgan fingerprint density at radius 3 is 2.40 bits per heavy atom. The molecule has 0 heterocycles. The summed E-state index contributed by atoms with van der Waals surface area (Å²) in [5.74, 6) is -1.50. The van der Waals surface area contributed by atoms with Crippen LogP contribution in [0.15, 0.2) is 0 Å². The van der Waals surface area contributed by atoms with Crippen molar-refractivity contribution in [1.29, 1.82) is 0 Å². The number of amides is 2. The molecule has 0 aromatic heterocycles. The van der Waals surface area contributed by atoms with Crippen LogP contribution in [-0.4, -0.2) is 53.4 Å². The van der Waals surface area contributed by atoms with Gasteiger partial charge < -0.3 is 21.1 Å². The van der Waals surface area contributed by atoms with Gasteiger partial charge in [-0.15, -0.1) is 0 Å². The number of carboxylic acid groups (broad SMARTS) is 1. The zero-order valence-electron chi connectivity index (χ0n) is 10.8. The third kappa shape index (κ3) is 5.64. The normalized spacial score (nSPS) is 23.2. The van der Waals surface area contributed by atoms with Crippen LogP contribution in [0.25, 0.3) is 0 Å². The van der Waals surface area contributed by atoms with Crippen LogP contribution in [0.4, 0.5) is 18.0 Å². The third-order valence-electron chi connectivity index (χ3n) is 3.11. The fraction of sp³-hybridized carbons (Fsp3) is 0.818. The smallest absolute Gasteiger partial charge is 0.406 e. The van der Waals surface area contributed by atoms with Crippen molar-refractivity contribution in [3.63, 3.8) is 0 Å². The average Bonchev–Trinajstić information content (AvgIpc) is 2.28. The molecular formula is C11H18F3N3O3. The Labute approximate surface area is 114 Å². The molecule has 1 saturated carbocycles. The standard InChI is InChI=1S/C11H18F3N3O3/c12-11(13,14)6-17(5-9(18)19)10(20)16-8-4-2-1-3-7(8)15/h7-8H,1-6,15H2,(H,16,20)(H,18,19). The number of carbonyl (C=O) groups excluding carboxylic acids is 1. The van der Waals surface area contributed by atoms with Gasteiger partial charge in [0, 0.05) is 12.1 Å². The minimum Gasteiger partial charge on any atom is -0.480 e. The number of halogens is 3. The molecule has 0 aromatic rings. The van der Waals surface area contributed by atoms with Crippen molar-refractivity contribution in [1.82, 2.24) is 10.2 Å². The molecule has 4 N–H and O–H groups in total. The van der Waals surface area contributed by atoms with E-state index < -0.39 is 37.3 Å². The fourth-order valence-corrected chi connectivity index (χ4v) is 2.17. The molecular weight excluding hydrogens is 279 g/mol. The van der Waals surface area contributed by atoms with Crippen molar-refractivity contribution in [3.05, 3.63) is 0 Å². The van der Waals surface area contributed by atoms with E-state index in [9.17, 15) is 22.8 Å². The van der Waals surface area contributed by atoms with Crippen LogP contribution in [0.1, 0.15) is 25.7 Å². The summed E-state index contributed by atoms with van der Waals surface area (Å²) in [4.78, 5) is 22.5. The van der Waals surface area contributed by atoms with E-state index >= 15 is 0 Å². The van der Waals surface area contributed by atoms with Crippen LogP contribution >= 0.6 is 0 Å². The number of nitrogens with two attached hydrogens (primary N) is 1. The first-order chi connectivity index (χ1) is 9.19. The number of nitrogens with zero attached hydrogens (tertiary/aromatic N) is 1. The second-order valence-corrected chi connectivity index (χ2v) is 4.87. The molecule has 1 fully saturated rings. The molecule has 9 heteroatoms. The molecule has 0 saturated heterocycles. The molecule has 0 bridgehead atoms. The van der Waals surface area contributed by atoms with Crippen LogP contribution in [0.3, 0.4) is 0 Å². The molecule has 1 aliphatic carbocycles. The number of hydrogen-bond donors (Lipinski definition) is 3. The molecule has 1 aliphatic rings. The van der Waals surface area contributed by atoms with Gasteiger partial charge in [-0.3, -0.25) is 4.79 Å². The molecule has 116 valence electrons. The van der Waals surface area contributed by atoms with Gasteiger partial charge >= 0.3 is 18.2 Å². The third-order valence-corrected chi connectivity index (χ3v) is 3.11. The van der Waals surface area contributed by atoms with Crippen LogP contribution in [0, 0.1) is 0 Å². The molecule has 2 unspecified atom stereocenters. The Bertz CT molecular complexity index is 363. The number of urea groups is 1. The highest BCUT2D eigenvalue weighted by atomic mass is 19.4. The average molecular weight is 297 g/mol. The van der Waals surface area contributed by atoms with Gasteiger partial charge in [-0.05, 0) is 12.8 Å². The lowest BCUT2D eigenvalue weighted by molar-refractivity contribution is -0.149. The van der Waals surface area contributed by atoms with Crippen molar-refractivity contribution < 1.29 is 27.9 Å². The summed E-state index contributed by atoms with van der Waals surface area (Å²) in [6.07, 6.45) is -1.64. The lowest BCUT2D eigenvalue weighted by atomic mass is 9.91. The van der Waals surface area contributed by atoms with Crippen molar-refractivity contribution in [2.24, 2.45) is 5.73 Å². The largest absolute Gasteiger partial charge is 0.480 e. The summed E-state index contributed by atoms with van der Waals surface area (Å²) >= 11 is 0. The molecule has 20 heavy (non-hydrogen) atoms. The van der Waals surface area contributed by atoms with Gasteiger partial charge in [-0.25, -0.2) is 4.79 Å². The minimum absolute atomic E-state index is 0.226. The zero-order chi connectivity index (χ0) is 15.3. The van der Waals surface area contributed by atoms with Crippen molar-refractivity contribution in [2.75, 3.05) is 13.1 Å². The van der Waals surface area contributed by atoms with Gasteiger partial charge in [0.05, 0.1) is 0 Å². The molecule has 0 spiro atoms. The predicted molar refractivity (Wildman–Crippen MR) is 64.0 cm³/mol. The number of aliphatic carboxylic acids is 1. The summed E-state index contributed by atoms with van der Waals surface area (Å²) in [7, 11) is 0. The molecule has 2 amide bonds. The van der Waals surface area contributed by atoms with E-state index in [1.165, 1.54) is 0 Å². The molecule has 0 aliphatic heterocycles. The lowest BCUT2D eigenvalue weighted by Gasteiger charge is -2.31. The Balaban J connectivity index is 2.64. The maximum atomic E-state index is 12.3. The molecule has 1 rings (SSSR count). The molecule has 2 atom stereocenters. The first-order valence-electron chi connectivity index (χ1n) is 6.28. The lowest BCUT2D eigenvalue weighted by Crippen LogP contribution is -2.55. The number of alkyl halides is 3. The summed E-state index contributed by atoms with van der Waals surface area (Å²) in [5, 5.41) is 11.0. The fourth-order valence-electron chi connectivity index (χ4n) is 2.17. The van der Waals surface area contributed by atoms with Crippen molar-refractivity contribution >= 4 is 12.0 Å². The van der Waals surface area contributed by atoms with E-state index in [4.69, 9.17) is 10.8 Å². The van der Waals surface area contributed by atoms with Gasteiger partial charge in [0.25, 0.3) is 0 Å². The second kappa shape index (κ2) is 6.78. The monoisotopic (exact) mass is 297 g/mol. The summed E-state index contributed by atoms with van der Waals surface area (Å²) in [5.41, 5.74) is 5.78. The minimum atomic E-state index is -4.65. The molecule has 0 radical (unpaired) electrons. The summed E-state index contributed by atoms with van der Waals surface area (Å²) < 4.78 is 37.0. The maximum absolute atomic E-state index is 12.3. The Morgan fingerprint density at radius 1 is 1.30 bits per heavy atom. The van der Waals surface area contributed by atoms with E-state index in [1.54, 1.807) is 0 Å². The van der Waals surface area contributed by atoms with E-state index in [1.807, 2.05) is 0 Å². The highest BCUT2D eigenvalue weighted by molar-refractivity contribution is 5.80. The molecule has 6 nitrogen and oxygen atoms in total. The highest BCUT2D eigenvalue weighted by Gasteiger charge is 2.35. The number of hydrogen-bond acceptors (Lipinski definition) is 3. The van der Waals surface area contributed by atoms with Crippen LogP contribution < -0.4 is 11.1 Å². The quantitative estimate of drug-likeness (QED) is 0.719. The topological polar surface area (TPSA) is 95.7 Å². The maximum Gasteiger partial charge on any atom is 0.406 e. The first-order valence-corrected chi connectivity index (χ1v) is 6.28. The molecule has 0 aromatic carbocycles. The number of carbonyl (C=O) groups is 2. The van der Waals surface area contributed by atoms with Crippen molar-refractivity contribution in [2.45, 2.75) is 43.9 Å². The van der Waals surface area contributed by atoms with E-state index in [-0.39, 0.29) is 10.9 Å². The SMILES string of the molecule is NC1CCCCC1NC(=O)N(CC(=O)O)CC(F)(F)F. The van der Waals surface area contributed by atoms with Crippen LogP contribution in [-0.2, 0) is 4.79 Å². The Morgan fingerprint density at radius 2 is 1.90 bits per heavy atom. The van der Waals surface area contributed by atoms with Gasteiger partial charge in [-0.2, -0.15) is 13.2 Å². The zero-order valence-corrected chi connectivity index (χ0v) is 10.8.